The molecule has 112 valence electrons. The van der Waals surface area contributed by atoms with Gasteiger partial charge in [-0.15, -0.1) is 22.7 Å². The molecule has 2 aromatic heterocycles. The molecule has 0 spiro atoms. The summed E-state index contributed by atoms with van der Waals surface area (Å²) in [7, 11) is 0. The van der Waals surface area contributed by atoms with Crippen LogP contribution in [0.1, 0.15) is 20.7 Å². The molecule has 1 amide bonds. The minimum absolute atomic E-state index is 0.128. The predicted molar refractivity (Wildman–Crippen MR) is 85.9 cm³/mol. The van der Waals surface area contributed by atoms with Crippen LogP contribution >= 0.6 is 22.7 Å². The quantitative estimate of drug-likeness (QED) is 0.939. The molecule has 0 bridgehead atoms. The topological polar surface area (TPSA) is 43.8 Å². The van der Waals surface area contributed by atoms with Crippen LogP contribution in [-0.2, 0) is 0 Å². The smallest absolute Gasteiger partial charge is 0.264 e. The second-order valence-electron chi connectivity index (χ2n) is 5.10. The number of aliphatic hydroxyl groups is 1. The Labute approximate surface area is 132 Å². The highest BCUT2D eigenvalue weighted by Gasteiger charge is 2.24. The van der Waals surface area contributed by atoms with Crippen LogP contribution in [0.4, 0.5) is 0 Å². The van der Waals surface area contributed by atoms with E-state index >= 15 is 0 Å². The molecule has 6 heteroatoms. The summed E-state index contributed by atoms with van der Waals surface area (Å²) in [6.07, 6.45) is -0.426. The minimum Gasteiger partial charge on any atom is -0.386 e. The Kier molecular flexibility index (Phi) is 4.70. The number of piperazine rings is 1. The van der Waals surface area contributed by atoms with Gasteiger partial charge in [-0.1, -0.05) is 12.1 Å². The van der Waals surface area contributed by atoms with Crippen LogP contribution in [0.5, 0.6) is 0 Å². The van der Waals surface area contributed by atoms with Gasteiger partial charge in [-0.2, -0.15) is 0 Å². The number of aliphatic hydroxyl groups excluding tert-OH is 1. The van der Waals surface area contributed by atoms with E-state index in [4.69, 9.17) is 0 Å². The molecular weight excluding hydrogens is 304 g/mol. The third-order valence-electron chi connectivity index (χ3n) is 3.69. The maximum atomic E-state index is 12.2. The van der Waals surface area contributed by atoms with E-state index in [9.17, 15) is 9.90 Å². The molecule has 1 N–H and O–H groups in total. The number of thiophene rings is 2. The molecule has 1 fully saturated rings. The van der Waals surface area contributed by atoms with Gasteiger partial charge in [0, 0.05) is 37.6 Å². The fraction of sp³-hybridized carbons (Fsp3) is 0.400. The van der Waals surface area contributed by atoms with Crippen molar-refractivity contribution in [2.75, 3.05) is 32.7 Å². The number of rotatable bonds is 4. The van der Waals surface area contributed by atoms with Gasteiger partial charge in [0.15, 0.2) is 0 Å². The maximum Gasteiger partial charge on any atom is 0.264 e. The molecule has 1 aliphatic heterocycles. The summed E-state index contributed by atoms with van der Waals surface area (Å²) in [5.74, 6) is 0.128. The van der Waals surface area contributed by atoms with Crippen molar-refractivity contribution < 1.29 is 9.90 Å². The molecule has 3 rings (SSSR count). The third-order valence-corrected chi connectivity index (χ3v) is 5.53. The molecule has 0 saturated carbocycles. The second-order valence-corrected chi connectivity index (χ2v) is 7.03. The van der Waals surface area contributed by atoms with Crippen molar-refractivity contribution in [3.05, 3.63) is 44.8 Å². The highest BCUT2D eigenvalue weighted by molar-refractivity contribution is 7.12. The van der Waals surface area contributed by atoms with Crippen LogP contribution in [0.3, 0.4) is 0 Å². The van der Waals surface area contributed by atoms with Gasteiger partial charge >= 0.3 is 0 Å². The molecule has 0 unspecified atom stereocenters. The lowest BCUT2D eigenvalue weighted by molar-refractivity contribution is 0.0536. The van der Waals surface area contributed by atoms with E-state index in [-0.39, 0.29) is 5.91 Å². The van der Waals surface area contributed by atoms with Gasteiger partial charge in [-0.25, -0.2) is 0 Å². The van der Waals surface area contributed by atoms with E-state index in [2.05, 4.69) is 4.90 Å². The average molecular weight is 322 g/mol. The van der Waals surface area contributed by atoms with Crippen molar-refractivity contribution in [3.8, 4) is 0 Å². The number of nitrogens with zero attached hydrogens (tertiary/aromatic N) is 2. The zero-order chi connectivity index (χ0) is 14.7. The molecule has 2 aromatic rings. The highest BCUT2D eigenvalue weighted by Crippen LogP contribution is 2.20. The fourth-order valence-electron chi connectivity index (χ4n) is 2.51. The molecule has 4 nitrogen and oxygen atoms in total. The van der Waals surface area contributed by atoms with Gasteiger partial charge in [0.05, 0.1) is 4.88 Å². The first kappa shape index (κ1) is 14.7. The van der Waals surface area contributed by atoms with Crippen LogP contribution in [0, 0.1) is 0 Å². The molecule has 1 aliphatic rings. The third kappa shape index (κ3) is 3.52. The van der Waals surface area contributed by atoms with Gasteiger partial charge in [0.25, 0.3) is 5.91 Å². The van der Waals surface area contributed by atoms with Crippen molar-refractivity contribution >= 4 is 28.6 Å². The molecule has 0 aromatic carbocycles. The summed E-state index contributed by atoms with van der Waals surface area (Å²) in [5.41, 5.74) is 0. The van der Waals surface area contributed by atoms with Crippen molar-refractivity contribution in [3.63, 3.8) is 0 Å². The monoisotopic (exact) mass is 322 g/mol. The Morgan fingerprint density at radius 2 is 1.86 bits per heavy atom. The summed E-state index contributed by atoms with van der Waals surface area (Å²) in [6.45, 7) is 3.74. The average Bonchev–Trinajstić information content (AvgIpc) is 3.20. The van der Waals surface area contributed by atoms with E-state index in [1.165, 1.54) is 11.3 Å². The van der Waals surface area contributed by atoms with Crippen LogP contribution in [0.25, 0.3) is 0 Å². The number of carbonyl (C=O) groups excluding carboxylic acids is 1. The predicted octanol–water partition coefficient (Wildman–Crippen LogP) is 2.30. The second kappa shape index (κ2) is 6.70. The van der Waals surface area contributed by atoms with Gasteiger partial charge in [0.2, 0.25) is 0 Å². The normalized spacial score (nSPS) is 17.9. The van der Waals surface area contributed by atoms with E-state index in [1.807, 2.05) is 39.9 Å². The lowest BCUT2D eigenvalue weighted by Crippen LogP contribution is -2.49. The van der Waals surface area contributed by atoms with Crippen molar-refractivity contribution in [2.24, 2.45) is 0 Å². The Morgan fingerprint density at radius 3 is 2.48 bits per heavy atom. The van der Waals surface area contributed by atoms with Crippen LogP contribution < -0.4 is 0 Å². The molecule has 21 heavy (non-hydrogen) atoms. The first-order chi connectivity index (χ1) is 10.2. The SMILES string of the molecule is O=C(c1cccs1)N1CCN(C[C@H](O)c2cccs2)CC1. The van der Waals surface area contributed by atoms with Crippen molar-refractivity contribution in [1.29, 1.82) is 0 Å². The molecular formula is C15H18N2O2S2. The molecule has 0 radical (unpaired) electrons. The minimum atomic E-state index is -0.426. The molecule has 1 saturated heterocycles. The van der Waals surface area contributed by atoms with Gasteiger partial charge in [-0.05, 0) is 22.9 Å². The van der Waals surface area contributed by atoms with Crippen LogP contribution in [0.15, 0.2) is 35.0 Å². The number of β-amino-alcohol motifs (C(OH)–C–C–N with tert-alkyl or cyclic N) is 1. The number of hydrogen-bond donors (Lipinski definition) is 1. The standard InChI is InChI=1S/C15H18N2O2S2/c18-12(13-3-1-9-20-13)11-16-5-7-17(8-6-16)15(19)14-4-2-10-21-14/h1-4,9-10,12,18H,5-8,11H2/t12-/m0/s1. The van der Waals surface area contributed by atoms with Gasteiger partial charge in [0.1, 0.15) is 6.10 Å². The van der Waals surface area contributed by atoms with Crippen LogP contribution in [0.2, 0.25) is 0 Å². The Hall–Kier alpha value is -1.21. The Balaban J connectivity index is 1.50. The fourth-order valence-corrected chi connectivity index (χ4v) is 3.90. The van der Waals surface area contributed by atoms with E-state index < -0.39 is 6.10 Å². The molecule has 1 atom stereocenters. The van der Waals surface area contributed by atoms with E-state index in [0.717, 1.165) is 35.9 Å². The highest BCUT2D eigenvalue weighted by atomic mass is 32.1. The number of carbonyl (C=O) groups is 1. The largest absolute Gasteiger partial charge is 0.386 e. The van der Waals surface area contributed by atoms with Crippen molar-refractivity contribution in [2.45, 2.75) is 6.10 Å². The maximum absolute atomic E-state index is 12.2. The number of hydrogen-bond acceptors (Lipinski definition) is 5. The molecule has 0 aliphatic carbocycles. The van der Waals surface area contributed by atoms with Crippen molar-refractivity contribution in [1.82, 2.24) is 9.80 Å². The van der Waals surface area contributed by atoms with E-state index in [0.29, 0.717) is 6.54 Å². The first-order valence-electron chi connectivity index (χ1n) is 7.00. The zero-order valence-electron chi connectivity index (χ0n) is 11.6. The van der Waals surface area contributed by atoms with E-state index in [1.54, 1.807) is 11.3 Å². The lowest BCUT2D eigenvalue weighted by atomic mass is 10.2. The summed E-state index contributed by atoms with van der Waals surface area (Å²) < 4.78 is 0. The van der Waals surface area contributed by atoms with Gasteiger partial charge < -0.3 is 10.0 Å². The summed E-state index contributed by atoms with van der Waals surface area (Å²) >= 11 is 3.07. The van der Waals surface area contributed by atoms with Crippen LogP contribution in [-0.4, -0.2) is 53.5 Å². The van der Waals surface area contributed by atoms with Gasteiger partial charge in [-0.3, -0.25) is 9.69 Å². The summed E-state index contributed by atoms with van der Waals surface area (Å²) in [4.78, 5) is 18.2. The summed E-state index contributed by atoms with van der Waals surface area (Å²) in [5, 5.41) is 14.1. The lowest BCUT2D eigenvalue weighted by Gasteiger charge is -2.35. The zero-order valence-corrected chi connectivity index (χ0v) is 13.3. The summed E-state index contributed by atoms with van der Waals surface area (Å²) in [6, 6.07) is 7.71. The molecule has 3 heterocycles. The Morgan fingerprint density at radius 1 is 1.14 bits per heavy atom. The first-order valence-corrected chi connectivity index (χ1v) is 8.76. The Bertz CT molecular complexity index is 561. The number of amides is 1.